The van der Waals surface area contributed by atoms with Crippen molar-refractivity contribution in [3.8, 4) is 11.1 Å². The molecule has 1 aliphatic rings. The molecule has 0 aliphatic carbocycles. The molecule has 0 aromatic heterocycles. The van der Waals surface area contributed by atoms with Crippen LogP contribution in [0.4, 0.5) is 11.4 Å². The van der Waals surface area contributed by atoms with Gasteiger partial charge in [-0.25, -0.2) is 0 Å². The predicted molar refractivity (Wildman–Crippen MR) is 170 cm³/mol. The fourth-order valence-electron chi connectivity index (χ4n) is 6.47. The van der Waals surface area contributed by atoms with E-state index < -0.39 is 0 Å². The van der Waals surface area contributed by atoms with Crippen LogP contribution >= 0.6 is 0 Å². The summed E-state index contributed by atoms with van der Waals surface area (Å²) in [7, 11) is 0. The first-order chi connectivity index (χ1) is 19.7. The molecule has 1 aliphatic heterocycles. The fraction of sp³-hybridized carbons (Fsp3) is 0.211. The van der Waals surface area contributed by atoms with Gasteiger partial charge in [-0.2, -0.15) is 0 Å². The molecule has 40 heavy (non-hydrogen) atoms. The van der Waals surface area contributed by atoms with Gasteiger partial charge in [0.2, 0.25) is 0 Å². The second-order valence-electron chi connectivity index (χ2n) is 10.8. The summed E-state index contributed by atoms with van der Waals surface area (Å²) in [5.41, 5.74) is 12.0. The van der Waals surface area contributed by atoms with Gasteiger partial charge in [0.05, 0.1) is 18.8 Å². The molecule has 2 atom stereocenters. The quantitative estimate of drug-likeness (QED) is 0.210. The van der Waals surface area contributed by atoms with E-state index in [9.17, 15) is 0 Å². The minimum atomic E-state index is 0.141. The second-order valence-corrected chi connectivity index (χ2v) is 10.8. The molecule has 5 aromatic carbocycles. The Morgan fingerprint density at radius 2 is 1.10 bits per heavy atom. The standard InChI is InChI=1S/C38H38N2/c1-4-29-22-15-23-30(5-2)36(29)40-27-39(35-26-28(3)24-25-34(35)31-16-9-6-10-17-31)37(32-18-11-7-12-19-32)38(40)33-20-13-8-14-21-33/h6-26,37-38H,4-5,27H2,1-3H3/t37-,38-/m0/s1. The van der Waals surface area contributed by atoms with Crippen molar-refractivity contribution in [2.75, 3.05) is 16.5 Å². The van der Waals surface area contributed by atoms with Crippen LogP contribution in [0.5, 0.6) is 0 Å². The monoisotopic (exact) mass is 522 g/mol. The molecule has 0 spiro atoms. The van der Waals surface area contributed by atoms with Crippen molar-refractivity contribution < 1.29 is 0 Å². The van der Waals surface area contributed by atoms with Crippen LogP contribution in [0.25, 0.3) is 11.1 Å². The van der Waals surface area contributed by atoms with Gasteiger partial charge in [-0.05, 0) is 59.2 Å². The number of benzene rings is 5. The van der Waals surface area contributed by atoms with Gasteiger partial charge in [0.1, 0.15) is 0 Å². The summed E-state index contributed by atoms with van der Waals surface area (Å²) in [6, 6.07) is 47.2. The molecule has 0 amide bonds. The average molecular weight is 523 g/mol. The van der Waals surface area contributed by atoms with E-state index in [0.717, 1.165) is 19.5 Å². The Labute approximate surface area is 239 Å². The summed E-state index contributed by atoms with van der Waals surface area (Å²) in [6.07, 6.45) is 2.02. The highest BCUT2D eigenvalue weighted by molar-refractivity contribution is 5.81. The molecule has 2 nitrogen and oxygen atoms in total. The summed E-state index contributed by atoms with van der Waals surface area (Å²) in [5.74, 6) is 0. The second kappa shape index (κ2) is 11.4. The minimum Gasteiger partial charge on any atom is -0.344 e. The van der Waals surface area contributed by atoms with Crippen LogP contribution in [0, 0.1) is 6.92 Å². The van der Waals surface area contributed by atoms with Gasteiger partial charge in [0.25, 0.3) is 0 Å². The lowest BCUT2D eigenvalue weighted by Crippen LogP contribution is -2.28. The highest BCUT2D eigenvalue weighted by atomic mass is 15.4. The van der Waals surface area contributed by atoms with Crippen LogP contribution in [0.3, 0.4) is 0 Å². The molecular formula is C38H38N2. The van der Waals surface area contributed by atoms with E-state index >= 15 is 0 Å². The molecule has 2 heteroatoms. The highest BCUT2D eigenvalue weighted by Gasteiger charge is 2.43. The Balaban J connectivity index is 1.62. The Morgan fingerprint density at radius 1 is 0.575 bits per heavy atom. The normalized spacial score (nSPS) is 16.9. The maximum absolute atomic E-state index is 2.70. The van der Waals surface area contributed by atoms with Crippen molar-refractivity contribution in [3.63, 3.8) is 0 Å². The molecule has 0 radical (unpaired) electrons. The van der Waals surface area contributed by atoms with E-state index in [0.29, 0.717) is 0 Å². The van der Waals surface area contributed by atoms with Gasteiger partial charge >= 0.3 is 0 Å². The van der Waals surface area contributed by atoms with Gasteiger partial charge in [-0.1, -0.05) is 135 Å². The van der Waals surface area contributed by atoms with Crippen molar-refractivity contribution in [1.82, 2.24) is 0 Å². The maximum atomic E-state index is 2.70. The largest absolute Gasteiger partial charge is 0.344 e. The van der Waals surface area contributed by atoms with E-state index in [2.05, 4.69) is 158 Å². The lowest BCUT2D eigenvalue weighted by Gasteiger charge is -2.33. The van der Waals surface area contributed by atoms with Crippen molar-refractivity contribution in [3.05, 3.63) is 155 Å². The van der Waals surface area contributed by atoms with Crippen LogP contribution < -0.4 is 9.80 Å². The van der Waals surface area contributed by atoms with E-state index in [4.69, 9.17) is 0 Å². The van der Waals surface area contributed by atoms with Crippen molar-refractivity contribution in [2.24, 2.45) is 0 Å². The fourth-order valence-corrected chi connectivity index (χ4v) is 6.47. The van der Waals surface area contributed by atoms with Gasteiger partial charge in [0.15, 0.2) is 0 Å². The van der Waals surface area contributed by atoms with E-state index in [1.165, 1.54) is 50.3 Å². The van der Waals surface area contributed by atoms with E-state index in [-0.39, 0.29) is 12.1 Å². The molecule has 1 heterocycles. The van der Waals surface area contributed by atoms with Crippen LogP contribution in [0.15, 0.2) is 127 Å². The van der Waals surface area contributed by atoms with Gasteiger partial charge in [0, 0.05) is 16.9 Å². The Bertz CT molecular complexity index is 1540. The minimum absolute atomic E-state index is 0.141. The topological polar surface area (TPSA) is 6.48 Å². The summed E-state index contributed by atoms with van der Waals surface area (Å²) in [5, 5.41) is 0. The first-order valence-corrected chi connectivity index (χ1v) is 14.6. The lowest BCUT2D eigenvalue weighted by molar-refractivity contribution is 0.616. The highest BCUT2D eigenvalue weighted by Crippen LogP contribution is 2.51. The zero-order valence-electron chi connectivity index (χ0n) is 23.8. The molecule has 0 bridgehead atoms. The average Bonchev–Trinajstić information content (AvgIpc) is 3.42. The molecule has 6 rings (SSSR count). The molecule has 0 unspecified atom stereocenters. The SMILES string of the molecule is CCc1cccc(CC)c1N1CN(c2cc(C)ccc2-c2ccccc2)[C@@H](c2ccccc2)[C@@H]1c1ccccc1. The van der Waals surface area contributed by atoms with Crippen molar-refractivity contribution in [2.45, 2.75) is 45.7 Å². The summed E-state index contributed by atoms with van der Waals surface area (Å²) in [4.78, 5) is 5.36. The smallest absolute Gasteiger partial charge is 0.0917 e. The lowest BCUT2D eigenvalue weighted by atomic mass is 9.90. The summed E-state index contributed by atoms with van der Waals surface area (Å²) >= 11 is 0. The van der Waals surface area contributed by atoms with Crippen LogP contribution in [-0.2, 0) is 12.8 Å². The molecule has 1 saturated heterocycles. The Hall–Kier alpha value is -4.30. The van der Waals surface area contributed by atoms with Gasteiger partial charge in [-0.15, -0.1) is 0 Å². The first kappa shape index (κ1) is 26.0. The predicted octanol–water partition coefficient (Wildman–Crippen LogP) is 9.55. The summed E-state index contributed by atoms with van der Waals surface area (Å²) < 4.78 is 0. The molecule has 0 N–H and O–H groups in total. The summed E-state index contributed by atoms with van der Waals surface area (Å²) in [6.45, 7) is 7.59. The number of rotatable bonds is 7. The third kappa shape index (κ3) is 4.79. The van der Waals surface area contributed by atoms with Crippen LogP contribution in [0.1, 0.15) is 53.7 Å². The number of para-hydroxylation sites is 1. The van der Waals surface area contributed by atoms with Crippen molar-refractivity contribution in [1.29, 1.82) is 0 Å². The number of hydrogen-bond donors (Lipinski definition) is 0. The molecule has 0 saturated carbocycles. The third-order valence-corrected chi connectivity index (χ3v) is 8.36. The first-order valence-electron chi connectivity index (χ1n) is 14.6. The van der Waals surface area contributed by atoms with Crippen LogP contribution in [0.2, 0.25) is 0 Å². The van der Waals surface area contributed by atoms with E-state index in [1.807, 2.05) is 0 Å². The maximum Gasteiger partial charge on any atom is 0.0917 e. The molecule has 1 fully saturated rings. The van der Waals surface area contributed by atoms with Crippen molar-refractivity contribution >= 4 is 11.4 Å². The number of hydrogen-bond acceptors (Lipinski definition) is 2. The number of nitrogens with zero attached hydrogens (tertiary/aromatic N) is 2. The number of aryl methyl sites for hydroxylation is 3. The zero-order chi connectivity index (χ0) is 27.5. The van der Waals surface area contributed by atoms with Gasteiger partial charge < -0.3 is 9.80 Å². The molecular weight excluding hydrogens is 484 g/mol. The zero-order valence-corrected chi connectivity index (χ0v) is 23.8. The molecule has 5 aromatic rings. The van der Waals surface area contributed by atoms with Gasteiger partial charge in [-0.3, -0.25) is 0 Å². The third-order valence-electron chi connectivity index (χ3n) is 8.36. The molecule has 200 valence electrons. The van der Waals surface area contributed by atoms with E-state index in [1.54, 1.807) is 0 Å². The number of anilines is 2. The van der Waals surface area contributed by atoms with Crippen LogP contribution in [-0.4, -0.2) is 6.67 Å². The Morgan fingerprint density at radius 3 is 1.65 bits per heavy atom. The Kier molecular flexibility index (Phi) is 7.42.